The Morgan fingerprint density at radius 1 is 0.556 bits per heavy atom. The molecule has 0 atom stereocenters. The smallest absolute Gasteiger partial charge is 0.0464 e. The van der Waals surface area contributed by atoms with Crippen LogP contribution in [0, 0.1) is 0 Å². The van der Waals surface area contributed by atoms with Gasteiger partial charge in [-0.15, -0.1) is 0 Å². The third kappa shape index (κ3) is 240. The van der Waals surface area contributed by atoms with E-state index in [2.05, 4.69) is 11.5 Å². The molecule has 5 heteroatoms. The molecule has 18 heavy (non-hydrogen) atoms. The average molecular weight is 280 g/mol. The first-order valence-electron chi connectivity index (χ1n) is 2.71. The van der Waals surface area contributed by atoms with Gasteiger partial charge in [0.25, 0.3) is 0 Å². The zero-order valence-corrected chi connectivity index (χ0v) is 5.88. The van der Waals surface area contributed by atoms with E-state index in [0.717, 1.165) is 0 Å². The molecule has 0 aromatic carbocycles. The van der Waals surface area contributed by atoms with Crippen molar-refractivity contribution in [3.63, 3.8) is 0 Å². The van der Waals surface area contributed by atoms with Gasteiger partial charge in [0.05, 0.1) is 0 Å². The fraction of sp³-hybridized carbons (Fsp3) is 1.00. The molecule has 0 aromatic rings. The highest BCUT2D eigenvalue weighted by atomic mass is 15.2. The molecule has 0 saturated carbocycles. The molecule has 130 valence electrons. The molecule has 0 rings (SSSR count). The molecule has 0 fully saturated rings. The fourth-order valence-corrected chi connectivity index (χ4v) is 0.0745. The number of nitrogens with zero attached hydrogens (tertiary/aromatic N) is 1. The van der Waals surface area contributed by atoms with Gasteiger partial charge in [0, 0.05) is 20.0 Å². The molecule has 0 aromatic heterocycles. The number of hydrogen-bond acceptors (Lipinski definition) is 5. The summed E-state index contributed by atoms with van der Waals surface area (Å²) in [6.45, 7) is 1.33. The van der Waals surface area contributed by atoms with Crippen LogP contribution in [0.15, 0.2) is 0 Å². The van der Waals surface area contributed by atoms with Gasteiger partial charge in [0.15, 0.2) is 0 Å². The normalized spacial score (nSPS) is 4.33. The van der Waals surface area contributed by atoms with Crippen molar-refractivity contribution in [2.45, 2.75) is 66.8 Å². The Morgan fingerprint density at radius 3 is 0.667 bits per heavy atom. The molecule has 0 saturated heterocycles. The maximum atomic E-state index is 5.13. The van der Waals surface area contributed by atoms with E-state index < -0.39 is 0 Å². The molecule has 0 unspecified atom stereocenters. The predicted octanol–water partition coefficient (Wildman–Crippen LogP) is 3.34. The molecule has 0 spiro atoms. The zero-order valence-electron chi connectivity index (χ0n) is 5.88. The Kier molecular flexibility index (Phi) is 753. The molecule has 0 radical (unpaired) electrons. The Labute approximate surface area is 122 Å². The topological polar surface area (TPSA) is 107 Å². The fourth-order valence-electron chi connectivity index (χ4n) is 0.0745. The van der Waals surface area contributed by atoms with Crippen LogP contribution in [0.2, 0.25) is 0 Å². The second-order valence-corrected chi connectivity index (χ2v) is 1.46. The highest BCUT2D eigenvalue weighted by Crippen LogP contribution is 1.62. The summed E-state index contributed by atoms with van der Waals surface area (Å²) in [5.41, 5.74) is 19.5. The molecule has 8 N–H and O–H groups in total. The Hall–Kier alpha value is -0.200. The minimum Gasteiger partial charge on any atom is -0.319 e. The lowest BCUT2D eigenvalue weighted by atomic mass is 10.8. The van der Waals surface area contributed by atoms with E-state index in [-0.39, 0.29) is 73.5 Å². The van der Waals surface area contributed by atoms with Crippen molar-refractivity contribution in [1.29, 1.82) is 0 Å². The lowest BCUT2D eigenvalue weighted by Crippen LogP contribution is -2.30. The minimum absolute atomic E-state index is 0. The van der Waals surface area contributed by atoms with Crippen molar-refractivity contribution in [3.05, 3.63) is 0 Å². The highest BCUT2D eigenvalue weighted by molar-refractivity contribution is 4.32. The number of nitrogens with two attached hydrogens (primary N) is 4. The summed E-state index contributed by atoms with van der Waals surface area (Å²) in [4.78, 5) is 1.81. The van der Waals surface area contributed by atoms with Gasteiger partial charge in [-0.2, -0.15) is 0 Å². The second-order valence-electron chi connectivity index (χ2n) is 1.46. The average Bonchev–Trinajstić information content (AvgIpc) is 1.88. The monoisotopic (exact) mass is 279 g/mol. The summed E-state index contributed by atoms with van der Waals surface area (Å²) in [6, 6.07) is 0. The van der Waals surface area contributed by atoms with Gasteiger partial charge in [-0.1, -0.05) is 66.8 Å². The number of hydrogen-bond donors (Lipinski definition) is 4. The third-order valence-corrected chi connectivity index (χ3v) is 0.623. The summed E-state index contributed by atoms with van der Waals surface area (Å²) in [6.07, 6.45) is 0. The van der Waals surface area contributed by atoms with E-state index in [1.165, 1.54) is 0 Å². The van der Waals surface area contributed by atoms with E-state index in [9.17, 15) is 0 Å². The first-order valence-corrected chi connectivity index (χ1v) is 2.71. The molecule has 0 amide bonds. The summed E-state index contributed by atoms with van der Waals surface area (Å²) in [7, 11) is 1.86. The summed E-state index contributed by atoms with van der Waals surface area (Å²) < 4.78 is 0. The molecule has 0 aliphatic carbocycles. The summed E-state index contributed by atoms with van der Waals surface area (Å²) >= 11 is 0. The van der Waals surface area contributed by atoms with Crippen LogP contribution in [-0.2, 0) is 0 Å². The Morgan fingerprint density at radius 2 is 0.667 bits per heavy atom. The van der Waals surface area contributed by atoms with Crippen LogP contribution >= 0.6 is 0 Å². The first kappa shape index (κ1) is 109. The Balaban J connectivity index is -0.00000000428. The molecule has 0 heterocycles. The van der Waals surface area contributed by atoms with Crippen molar-refractivity contribution in [2.24, 2.45) is 22.9 Å². The van der Waals surface area contributed by atoms with Gasteiger partial charge in [0.2, 0.25) is 0 Å². The van der Waals surface area contributed by atoms with Gasteiger partial charge in [-0.25, -0.2) is 0 Å². The van der Waals surface area contributed by atoms with Gasteiger partial charge < -0.3 is 22.9 Å². The maximum absolute atomic E-state index is 5.13. The van der Waals surface area contributed by atoms with Crippen LogP contribution < -0.4 is 22.9 Å². The van der Waals surface area contributed by atoms with Crippen molar-refractivity contribution in [1.82, 2.24) is 4.90 Å². The van der Waals surface area contributed by atoms with Crippen molar-refractivity contribution in [3.8, 4) is 0 Å². The molecule has 0 aliphatic heterocycles. The van der Waals surface area contributed by atoms with Crippen LogP contribution in [0.1, 0.15) is 66.8 Å². The standard InChI is InChI=1S/C3H11N3.CH6N2.9CH4/c1-6(2-4)3-5;2-1-3;;;;;;;;;/h2-5H2,1H3;1-3H2;9*1H4. The van der Waals surface area contributed by atoms with Crippen molar-refractivity contribution in [2.75, 3.05) is 27.1 Å². The maximum Gasteiger partial charge on any atom is 0.0464 e. The number of rotatable bonds is 2. The van der Waals surface area contributed by atoms with Crippen LogP contribution in [0.5, 0.6) is 0 Å². The molecule has 5 nitrogen and oxygen atoms in total. The zero-order chi connectivity index (χ0) is 7.70. The van der Waals surface area contributed by atoms with Gasteiger partial charge in [0.1, 0.15) is 0 Å². The minimum atomic E-state index is 0. The molecule has 0 aliphatic rings. The van der Waals surface area contributed by atoms with Gasteiger partial charge in [-0.3, -0.25) is 4.90 Å². The predicted molar refractivity (Wildman–Crippen MR) is 99.7 cm³/mol. The van der Waals surface area contributed by atoms with Crippen LogP contribution in [0.3, 0.4) is 0 Å². The lowest BCUT2D eigenvalue weighted by molar-refractivity contribution is 0.356. The SMILES string of the molecule is C.C.C.C.C.C.C.C.C.CN(CN)CN.NCN. The lowest BCUT2D eigenvalue weighted by Gasteiger charge is -2.07. The van der Waals surface area contributed by atoms with Crippen molar-refractivity contribution >= 4 is 0 Å². The van der Waals surface area contributed by atoms with Crippen LogP contribution in [-0.4, -0.2) is 32.0 Å². The van der Waals surface area contributed by atoms with Crippen LogP contribution in [0.4, 0.5) is 0 Å². The summed E-state index contributed by atoms with van der Waals surface area (Å²) in [5, 5.41) is 0. The van der Waals surface area contributed by atoms with Crippen LogP contribution in [0.25, 0.3) is 0 Å². The van der Waals surface area contributed by atoms with E-state index in [0.29, 0.717) is 13.3 Å². The third-order valence-electron chi connectivity index (χ3n) is 0.623. The van der Waals surface area contributed by atoms with E-state index in [1.54, 1.807) is 4.90 Å². The molecular weight excluding hydrogens is 226 g/mol. The molecular formula is C13H53N5. The highest BCUT2D eigenvalue weighted by Gasteiger charge is 1.81. The van der Waals surface area contributed by atoms with Gasteiger partial charge in [-0.05, 0) is 7.05 Å². The van der Waals surface area contributed by atoms with Crippen molar-refractivity contribution < 1.29 is 0 Å². The quantitative estimate of drug-likeness (QED) is 0.580. The van der Waals surface area contributed by atoms with E-state index >= 15 is 0 Å². The van der Waals surface area contributed by atoms with E-state index in [1.807, 2.05) is 7.05 Å². The Bertz CT molecular complexity index is 42.4. The largest absolute Gasteiger partial charge is 0.319 e. The molecule has 0 bridgehead atoms. The summed E-state index contributed by atoms with van der Waals surface area (Å²) in [5.74, 6) is 0. The van der Waals surface area contributed by atoms with Gasteiger partial charge >= 0.3 is 0 Å². The second kappa shape index (κ2) is 125. The van der Waals surface area contributed by atoms with E-state index in [4.69, 9.17) is 11.5 Å². The first-order chi connectivity index (χ1) is 4.22.